The molecule has 0 bridgehead atoms. The van der Waals surface area contributed by atoms with E-state index >= 15 is 0 Å². The van der Waals surface area contributed by atoms with Gasteiger partial charge in [0, 0.05) is 0 Å². The zero-order valence-electron chi connectivity index (χ0n) is 12.9. The van der Waals surface area contributed by atoms with Crippen molar-refractivity contribution < 1.29 is 4.42 Å². The second kappa shape index (κ2) is 5.12. The van der Waals surface area contributed by atoms with E-state index in [1.165, 1.54) is 0 Å². The molecule has 0 aliphatic heterocycles. The third-order valence-corrected chi connectivity index (χ3v) is 11.2. The number of hydrogen-bond donors (Lipinski definition) is 0. The van der Waals surface area contributed by atoms with Crippen LogP contribution < -0.4 is 5.51 Å². The summed E-state index contributed by atoms with van der Waals surface area (Å²) in [5.41, 5.74) is 4.84. The van der Waals surface area contributed by atoms with Gasteiger partial charge in [-0.1, -0.05) is 53.7 Å². The van der Waals surface area contributed by atoms with Crippen LogP contribution in [0.5, 0.6) is 0 Å². The van der Waals surface area contributed by atoms with Crippen molar-refractivity contribution in [2.75, 3.05) is 0 Å². The molecule has 2 rings (SSSR count). The lowest BCUT2D eigenvalue weighted by molar-refractivity contribution is 0.623. The van der Waals surface area contributed by atoms with Crippen LogP contribution >= 0.6 is 0 Å². The van der Waals surface area contributed by atoms with Crippen molar-refractivity contribution in [2.45, 2.75) is 58.2 Å². The fraction of sp³-hybridized carbons (Fsp3) is 0.562. The number of oxazole rings is 1. The van der Waals surface area contributed by atoms with E-state index in [0.717, 1.165) is 16.6 Å². The van der Waals surface area contributed by atoms with Gasteiger partial charge in [-0.05, 0) is 28.8 Å². The van der Waals surface area contributed by atoms with Crippen LogP contribution in [-0.4, -0.2) is 13.1 Å². The molecule has 104 valence electrons. The number of aromatic nitrogens is 1. The summed E-state index contributed by atoms with van der Waals surface area (Å²) in [5.74, 6) is 0. The Bertz CT molecular complexity index is 502. The van der Waals surface area contributed by atoms with Crippen LogP contribution in [0.25, 0.3) is 11.1 Å². The monoisotopic (exact) mass is 275 g/mol. The van der Waals surface area contributed by atoms with E-state index < -0.39 is 8.07 Å². The standard InChI is InChI=1S/C16H25NOSi/c1-11(2)19(12(3)4,13(5)6)16-17-14-9-7-8-10-15(14)18-16/h7-13H,1-6H3. The molecule has 1 aromatic carbocycles. The van der Waals surface area contributed by atoms with Gasteiger partial charge in [0.05, 0.1) is 0 Å². The topological polar surface area (TPSA) is 26.0 Å². The highest BCUT2D eigenvalue weighted by Crippen LogP contribution is 2.41. The van der Waals surface area contributed by atoms with Crippen LogP contribution in [0.1, 0.15) is 41.5 Å². The Morgan fingerprint density at radius 2 is 1.42 bits per heavy atom. The molecule has 0 unspecified atom stereocenters. The zero-order chi connectivity index (χ0) is 14.2. The number of benzene rings is 1. The van der Waals surface area contributed by atoms with Crippen LogP contribution in [0.2, 0.25) is 16.6 Å². The summed E-state index contributed by atoms with van der Waals surface area (Å²) >= 11 is 0. The molecule has 2 nitrogen and oxygen atoms in total. The van der Waals surface area contributed by atoms with Crippen LogP contribution in [-0.2, 0) is 0 Å². The van der Waals surface area contributed by atoms with E-state index in [1.54, 1.807) is 0 Å². The molecular formula is C16H25NOSi. The Labute approximate surface area is 117 Å². The Morgan fingerprint density at radius 1 is 0.895 bits per heavy atom. The second-order valence-corrected chi connectivity index (χ2v) is 12.1. The Kier molecular flexibility index (Phi) is 3.86. The van der Waals surface area contributed by atoms with E-state index in [9.17, 15) is 0 Å². The molecule has 0 spiro atoms. The quantitative estimate of drug-likeness (QED) is 0.755. The molecule has 19 heavy (non-hydrogen) atoms. The zero-order valence-corrected chi connectivity index (χ0v) is 13.9. The number of rotatable bonds is 4. The maximum Gasteiger partial charge on any atom is 0.168 e. The predicted octanol–water partition coefficient (Wildman–Crippen LogP) is 4.71. The first kappa shape index (κ1) is 14.3. The van der Waals surface area contributed by atoms with Crippen molar-refractivity contribution in [1.29, 1.82) is 0 Å². The maximum absolute atomic E-state index is 6.17. The van der Waals surface area contributed by atoms with Crippen molar-refractivity contribution in [1.82, 2.24) is 4.98 Å². The molecule has 0 saturated carbocycles. The summed E-state index contributed by atoms with van der Waals surface area (Å²) < 4.78 is 6.17. The van der Waals surface area contributed by atoms with E-state index in [2.05, 4.69) is 41.5 Å². The highest BCUT2D eigenvalue weighted by molar-refractivity contribution is 6.93. The van der Waals surface area contributed by atoms with Gasteiger partial charge in [-0.2, -0.15) is 0 Å². The normalized spacial score (nSPS) is 13.1. The summed E-state index contributed by atoms with van der Waals surface area (Å²) in [7, 11) is -1.76. The van der Waals surface area contributed by atoms with Crippen LogP contribution in [0, 0.1) is 0 Å². The number of para-hydroxylation sites is 2. The molecule has 0 atom stereocenters. The smallest absolute Gasteiger partial charge is 0.168 e. The summed E-state index contributed by atoms with van der Waals surface area (Å²) in [6.07, 6.45) is 0. The minimum Gasteiger partial charge on any atom is -0.446 e. The van der Waals surface area contributed by atoms with E-state index in [1.807, 2.05) is 24.3 Å². The van der Waals surface area contributed by atoms with E-state index in [-0.39, 0.29) is 0 Å². The lowest BCUT2D eigenvalue weighted by atomic mass is 10.3. The fourth-order valence-electron chi connectivity index (χ4n) is 3.80. The Hall–Kier alpha value is -1.09. The SMILES string of the molecule is CC(C)[Si](c1nc2ccccc2o1)(C(C)C)C(C)C. The van der Waals surface area contributed by atoms with Crippen LogP contribution in [0.15, 0.2) is 28.7 Å². The van der Waals surface area contributed by atoms with E-state index in [4.69, 9.17) is 9.40 Å². The first-order valence-corrected chi connectivity index (χ1v) is 9.49. The van der Waals surface area contributed by atoms with Gasteiger partial charge in [0.1, 0.15) is 5.52 Å². The molecule has 0 aliphatic rings. The molecule has 0 fully saturated rings. The minimum absolute atomic E-state index is 0.626. The average Bonchev–Trinajstić information content (AvgIpc) is 2.71. The first-order chi connectivity index (χ1) is 8.90. The molecule has 0 saturated heterocycles. The largest absolute Gasteiger partial charge is 0.446 e. The summed E-state index contributed by atoms with van der Waals surface area (Å²) in [6.45, 7) is 14.0. The molecule has 0 N–H and O–H groups in total. The average molecular weight is 275 g/mol. The van der Waals surface area contributed by atoms with Gasteiger partial charge in [-0.3, -0.25) is 0 Å². The van der Waals surface area contributed by atoms with Gasteiger partial charge < -0.3 is 4.42 Å². The van der Waals surface area contributed by atoms with Gasteiger partial charge in [0.2, 0.25) is 0 Å². The second-order valence-electron chi connectivity index (χ2n) is 6.38. The summed E-state index contributed by atoms with van der Waals surface area (Å²) in [5, 5.41) is 0. The third-order valence-electron chi connectivity index (χ3n) is 4.53. The fourth-order valence-corrected chi connectivity index (χ4v) is 9.88. The molecule has 0 aliphatic carbocycles. The molecule has 1 heterocycles. The molecule has 0 radical (unpaired) electrons. The first-order valence-electron chi connectivity index (χ1n) is 7.26. The summed E-state index contributed by atoms with van der Waals surface area (Å²) in [4.78, 5) is 4.84. The number of fused-ring (bicyclic) bond motifs is 1. The lowest BCUT2D eigenvalue weighted by Gasteiger charge is -2.39. The van der Waals surface area contributed by atoms with Crippen molar-refractivity contribution in [3.05, 3.63) is 24.3 Å². The summed E-state index contributed by atoms with van der Waals surface area (Å²) in [6, 6.07) is 8.10. The minimum atomic E-state index is -1.76. The number of hydrogen-bond acceptors (Lipinski definition) is 2. The molecule has 3 heteroatoms. The van der Waals surface area contributed by atoms with Crippen LogP contribution in [0.4, 0.5) is 0 Å². The lowest BCUT2D eigenvalue weighted by Crippen LogP contribution is -2.56. The van der Waals surface area contributed by atoms with Gasteiger partial charge >= 0.3 is 0 Å². The van der Waals surface area contributed by atoms with Crippen molar-refractivity contribution in [2.24, 2.45) is 0 Å². The van der Waals surface area contributed by atoms with E-state index in [0.29, 0.717) is 16.6 Å². The van der Waals surface area contributed by atoms with Gasteiger partial charge in [-0.15, -0.1) is 0 Å². The predicted molar refractivity (Wildman–Crippen MR) is 84.7 cm³/mol. The van der Waals surface area contributed by atoms with Gasteiger partial charge in [0.15, 0.2) is 19.2 Å². The Balaban J connectivity index is 2.66. The van der Waals surface area contributed by atoms with Gasteiger partial charge in [-0.25, -0.2) is 4.98 Å². The molecule has 2 aromatic rings. The third kappa shape index (κ3) is 2.14. The van der Waals surface area contributed by atoms with Crippen molar-refractivity contribution in [3.63, 3.8) is 0 Å². The van der Waals surface area contributed by atoms with Crippen LogP contribution in [0.3, 0.4) is 0 Å². The highest BCUT2D eigenvalue weighted by Gasteiger charge is 2.49. The van der Waals surface area contributed by atoms with Gasteiger partial charge in [0.25, 0.3) is 0 Å². The van der Waals surface area contributed by atoms with Crippen molar-refractivity contribution in [3.8, 4) is 0 Å². The molecular weight excluding hydrogens is 250 g/mol. The molecule has 0 amide bonds. The van der Waals surface area contributed by atoms with Crippen molar-refractivity contribution >= 4 is 24.7 Å². The maximum atomic E-state index is 6.17. The Morgan fingerprint density at radius 3 is 1.89 bits per heavy atom. The number of nitrogens with zero attached hydrogens (tertiary/aromatic N) is 1. The highest BCUT2D eigenvalue weighted by atomic mass is 28.3. The molecule has 1 aromatic heterocycles.